The first kappa shape index (κ1) is 19.2. The Labute approximate surface area is 148 Å². The maximum Gasteiger partial charge on any atom is 0.410 e. The monoisotopic (exact) mass is 350 g/mol. The molecule has 1 fully saturated rings. The third kappa shape index (κ3) is 6.03. The van der Waals surface area contributed by atoms with Crippen molar-refractivity contribution in [2.45, 2.75) is 37.8 Å². The van der Waals surface area contributed by atoms with E-state index in [1.54, 1.807) is 31.3 Å². The van der Waals surface area contributed by atoms with Gasteiger partial charge in [0.25, 0.3) is 0 Å². The van der Waals surface area contributed by atoms with Gasteiger partial charge in [0.05, 0.1) is 6.54 Å². The van der Waals surface area contributed by atoms with Crippen LogP contribution in [0.3, 0.4) is 0 Å². The normalized spacial score (nSPS) is 20.0. The molecular formula is C18H26N2O5. The predicted molar refractivity (Wildman–Crippen MR) is 92.6 cm³/mol. The lowest BCUT2D eigenvalue weighted by atomic mass is 9.94. The number of carbonyl (C=O) groups excluding carboxylic acids is 2. The van der Waals surface area contributed by atoms with Gasteiger partial charge < -0.3 is 24.8 Å². The Balaban J connectivity index is 1.81. The van der Waals surface area contributed by atoms with Gasteiger partial charge in [-0.2, -0.15) is 0 Å². The van der Waals surface area contributed by atoms with E-state index in [9.17, 15) is 9.59 Å². The van der Waals surface area contributed by atoms with Crippen LogP contribution in [0.15, 0.2) is 24.3 Å². The zero-order valence-electron chi connectivity index (χ0n) is 14.8. The summed E-state index contributed by atoms with van der Waals surface area (Å²) in [6.07, 6.45) is 2.68. The number of amides is 1. The average Bonchev–Trinajstić information content (AvgIpc) is 2.62. The molecule has 0 atom stereocenters. The predicted octanol–water partition coefficient (Wildman–Crippen LogP) is 2.19. The fourth-order valence-electron chi connectivity index (χ4n) is 2.67. The topological polar surface area (TPSA) is 91.1 Å². The van der Waals surface area contributed by atoms with Gasteiger partial charge in [-0.25, -0.2) is 4.79 Å². The van der Waals surface area contributed by atoms with E-state index in [-0.39, 0.29) is 31.3 Å². The van der Waals surface area contributed by atoms with Crippen LogP contribution < -0.4 is 10.5 Å². The van der Waals surface area contributed by atoms with Crippen molar-refractivity contribution in [1.82, 2.24) is 4.90 Å². The maximum atomic E-state index is 12.3. The second kappa shape index (κ2) is 9.39. The molecule has 1 aromatic rings. The van der Waals surface area contributed by atoms with Gasteiger partial charge in [-0.3, -0.25) is 4.79 Å². The lowest BCUT2D eigenvalue weighted by molar-refractivity contribution is 0.0471. The number of ether oxygens (including phenoxy) is 3. The molecule has 7 heteroatoms. The number of Topliss-reactive ketones (excluding diaryl/α,β-unsaturated/α-hetero) is 1. The number of carbonyl (C=O) groups is 2. The number of ketones is 1. The highest BCUT2D eigenvalue weighted by Crippen LogP contribution is 2.20. The van der Waals surface area contributed by atoms with Gasteiger partial charge in [0.15, 0.2) is 12.6 Å². The molecule has 1 aromatic carbocycles. The molecule has 0 aromatic heterocycles. The Morgan fingerprint density at radius 1 is 1.16 bits per heavy atom. The summed E-state index contributed by atoms with van der Waals surface area (Å²) >= 11 is 0. The number of nitrogens with zero attached hydrogens (tertiary/aromatic N) is 1. The summed E-state index contributed by atoms with van der Waals surface area (Å²) in [7, 11) is 3.10. The van der Waals surface area contributed by atoms with E-state index >= 15 is 0 Å². The largest absolute Gasteiger partial charge is 0.468 e. The van der Waals surface area contributed by atoms with Gasteiger partial charge in [0.1, 0.15) is 11.9 Å². The lowest BCUT2D eigenvalue weighted by Gasteiger charge is -2.27. The van der Waals surface area contributed by atoms with E-state index in [2.05, 4.69) is 0 Å². The molecule has 0 saturated heterocycles. The second-order valence-electron chi connectivity index (χ2n) is 6.28. The molecule has 25 heavy (non-hydrogen) atoms. The third-order valence-corrected chi connectivity index (χ3v) is 4.20. The molecule has 0 unspecified atom stereocenters. The molecule has 7 nitrogen and oxygen atoms in total. The van der Waals surface area contributed by atoms with Gasteiger partial charge >= 0.3 is 6.09 Å². The Kier molecular flexibility index (Phi) is 7.21. The van der Waals surface area contributed by atoms with E-state index in [1.165, 1.54) is 12.0 Å². The van der Waals surface area contributed by atoms with E-state index in [0.29, 0.717) is 11.3 Å². The molecule has 138 valence electrons. The van der Waals surface area contributed by atoms with Crippen LogP contribution in [0.1, 0.15) is 36.0 Å². The SMILES string of the molecule is COCOc1ccc(C(=O)CN(C)C(=O)OC2CCC(N)CC2)cc1. The number of nitrogens with two attached hydrogens (primary N) is 1. The first-order valence-corrected chi connectivity index (χ1v) is 8.42. The Morgan fingerprint density at radius 2 is 1.80 bits per heavy atom. The molecule has 2 N–H and O–H groups in total. The van der Waals surface area contributed by atoms with Crippen LogP contribution in [0.2, 0.25) is 0 Å². The van der Waals surface area contributed by atoms with Crippen molar-refractivity contribution < 1.29 is 23.8 Å². The average molecular weight is 350 g/mol. The molecular weight excluding hydrogens is 324 g/mol. The fraction of sp³-hybridized carbons (Fsp3) is 0.556. The number of hydrogen-bond donors (Lipinski definition) is 1. The molecule has 1 aliphatic rings. The zero-order chi connectivity index (χ0) is 18.2. The maximum absolute atomic E-state index is 12.3. The molecule has 1 amide bonds. The highest BCUT2D eigenvalue weighted by molar-refractivity contribution is 5.98. The molecule has 0 radical (unpaired) electrons. The van der Waals surface area contributed by atoms with Crippen LogP contribution in [0.5, 0.6) is 5.75 Å². The van der Waals surface area contributed by atoms with Gasteiger partial charge in [0.2, 0.25) is 0 Å². The summed E-state index contributed by atoms with van der Waals surface area (Å²) in [5, 5.41) is 0. The van der Waals surface area contributed by atoms with Crippen LogP contribution in [0.25, 0.3) is 0 Å². The quantitative estimate of drug-likeness (QED) is 0.599. The minimum absolute atomic E-state index is 0.0384. The first-order valence-electron chi connectivity index (χ1n) is 8.42. The van der Waals surface area contributed by atoms with Crippen LogP contribution in [-0.4, -0.2) is 56.4 Å². The molecule has 0 spiro atoms. The van der Waals surface area contributed by atoms with Crippen LogP contribution >= 0.6 is 0 Å². The second-order valence-corrected chi connectivity index (χ2v) is 6.28. The molecule has 1 saturated carbocycles. The van der Waals surface area contributed by atoms with Crippen molar-refractivity contribution in [2.24, 2.45) is 5.73 Å². The number of benzene rings is 1. The van der Waals surface area contributed by atoms with Gasteiger partial charge in [-0.15, -0.1) is 0 Å². The highest BCUT2D eigenvalue weighted by atomic mass is 16.7. The minimum atomic E-state index is -0.478. The van der Waals surface area contributed by atoms with Crippen molar-refractivity contribution >= 4 is 11.9 Å². The number of hydrogen-bond acceptors (Lipinski definition) is 6. The van der Waals surface area contributed by atoms with Crippen LogP contribution in [-0.2, 0) is 9.47 Å². The van der Waals surface area contributed by atoms with E-state index < -0.39 is 6.09 Å². The molecule has 0 bridgehead atoms. The van der Waals surface area contributed by atoms with Crippen LogP contribution in [0, 0.1) is 0 Å². The van der Waals surface area contributed by atoms with Crippen LogP contribution in [0.4, 0.5) is 4.79 Å². The van der Waals surface area contributed by atoms with Gasteiger partial charge in [-0.1, -0.05) is 0 Å². The van der Waals surface area contributed by atoms with Gasteiger partial charge in [-0.05, 0) is 49.9 Å². The summed E-state index contributed by atoms with van der Waals surface area (Å²) in [6, 6.07) is 6.90. The Hall–Kier alpha value is -2.12. The molecule has 0 heterocycles. The van der Waals surface area contributed by atoms with Crippen molar-refractivity contribution in [2.75, 3.05) is 27.5 Å². The summed E-state index contributed by atoms with van der Waals surface area (Å²) in [6.45, 7) is 0.108. The van der Waals surface area contributed by atoms with E-state index in [1.807, 2.05) is 0 Å². The van der Waals surface area contributed by atoms with E-state index in [0.717, 1.165) is 25.7 Å². The van der Waals surface area contributed by atoms with Crippen molar-refractivity contribution in [1.29, 1.82) is 0 Å². The van der Waals surface area contributed by atoms with Crippen molar-refractivity contribution in [3.05, 3.63) is 29.8 Å². The Bertz CT molecular complexity index is 567. The lowest BCUT2D eigenvalue weighted by Crippen LogP contribution is -2.37. The first-order chi connectivity index (χ1) is 12.0. The molecule has 1 aliphatic carbocycles. The molecule has 0 aliphatic heterocycles. The summed E-state index contributed by atoms with van der Waals surface area (Å²) in [4.78, 5) is 25.7. The fourth-order valence-corrected chi connectivity index (χ4v) is 2.67. The number of likely N-dealkylation sites (N-methyl/N-ethyl adjacent to an activating group) is 1. The standard InChI is InChI=1S/C18H26N2O5/c1-20(18(22)25-16-9-5-14(19)6-10-16)11-17(21)13-3-7-15(8-4-13)24-12-23-2/h3-4,7-8,14,16H,5-6,9-12,19H2,1-2H3. The zero-order valence-corrected chi connectivity index (χ0v) is 14.8. The smallest absolute Gasteiger partial charge is 0.410 e. The third-order valence-electron chi connectivity index (χ3n) is 4.20. The molecule has 2 rings (SSSR count). The Morgan fingerprint density at radius 3 is 2.40 bits per heavy atom. The summed E-state index contributed by atoms with van der Waals surface area (Å²) in [5.41, 5.74) is 6.35. The highest BCUT2D eigenvalue weighted by Gasteiger charge is 2.24. The van der Waals surface area contributed by atoms with E-state index in [4.69, 9.17) is 19.9 Å². The summed E-state index contributed by atoms with van der Waals surface area (Å²) in [5.74, 6) is 0.449. The minimum Gasteiger partial charge on any atom is -0.468 e. The number of methoxy groups -OCH3 is 1. The van der Waals surface area contributed by atoms with Crippen molar-refractivity contribution in [3.63, 3.8) is 0 Å². The van der Waals surface area contributed by atoms with Crippen molar-refractivity contribution in [3.8, 4) is 5.75 Å². The van der Waals surface area contributed by atoms with Gasteiger partial charge in [0, 0.05) is 25.8 Å². The number of rotatable bonds is 7. The summed E-state index contributed by atoms with van der Waals surface area (Å²) < 4.78 is 15.5.